The molecular formula is C20H27N5O2S. The van der Waals surface area contributed by atoms with Crippen LogP contribution in [-0.2, 0) is 23.0 Å². The van der Waals surface area contributed by atoms with Crippen molar-refractivity contribution in [2.45, 2.75) is 44.0 Å². The van der Waals surface area contributed by atoms with Gasteiger partial charge in [0, 0.05) is 26.1 Å². The summed E-state index contributed by atoms with van der Waals surface area (Å²) in [5.74, 6) is 2.44. The standard InChI is InChI=1S/C20H27N5O2S/c1-2-18-21-19(23-22-18)13-24-10-15-11-25(28(26,27)16-8-9-16)20(17(15)12-24)14-6-4-3-5-7-14/h3-7,15-17,20H,2,8-13H2,1H3,(H,21,22,23)/t15-,17-,20+/m0/s1. The maximum atomic E-state index is 13.1. The maximum Gasteiger partial charge on any atom is 0.217 e. The van der Waals surface area contributed by atoms with Crippen molar-refractivity contribution in [3.05, 3.63) is 47.5 Å². The molecule has 0 bridgehead atoms. The molecule has 0 unspecified atom stereocenters. The Kier molecular flexibility index (Phi) is 4.52. The van der Waals surface area contributed by atoms with Crippen molar-refractivity contribution < 1.29 is 8.42 Å². The van der Waals surface area contributed by atoms with Gasteiger partial charge < -0.3 is 0 Å². The highest BCUT2D eigenvalue weighted by Gasteiger charge is 2.54. The van der Waals surface area contributed by atoms with Crippen LogP contribution in [0, 0.1) is 11.8 Å². The Balaban J connectivity index is 1.39. The van der Waals surface area contributed by atoms with E-state index >= 15 is 0 Å². The lowest BCUT2D eigenvalue weighted by Crippen LogP contribution is -2.37. The molecule has 7 nitrogen and oxygen atoms in total. The zero-order valence-corrected chi connectivity index (χ0v) is 17.0. The molecule has 2 saturated heterocycles. The Morgan fingerprint density at radius 1 is 1.14 bits per heavy atom. The molecule has 3 aliphatic rings. The zero-order chi connectivity index (χ0) is 19.3. The molecular weight excluding hydrogens is 374 g/mol. The van der Waals surface area contributed by atoms with E-state index < -0.39 is 10.0 Å². The number of H-pyrrole nitrogens is 1. The second-order valence-corrected chi connectivity index (χ2v) is 10.5. The summed E-state index contributed by atoms with van der Waals surface area (Å²) >= 11 is 0. The van der Waals surface area contributed by atoms with E-state index in [4.69, 9.17) is 0 Å². The van der Waals surface area contributed by atoms with Gasteiger partial charge in [0.2, 0.25) is 10.0 Å². The van der Waals surface area contributed by atoms with Crippen LogP contribution in [0.4, 0.5) is 0 Å². The second kappa shape index (κ2) is 6.93. The highest BCUT2D eigenvalue weighted by Crippen LogP contribution is 2.48. The first kappa shape index (κ1) is 18.3. The van der Waals surface area contributed by atoms with Crippen LogP contribution < -0.4 is 0 Å². The van der Waals surface area contributed by atoms with E-state index in [1.165, 1.54) is 0 Å². The van der Waals surface area contributed by atoms with E-state index in [0.717, 1.165) is 56.1 Å². The summed E-state index contributed by atoms with van der Waals surface area (Å²) in [7, 11) is -3.19. The normalized spacial score (nSPS) is 28.7. The molecule has 0 radical (unpaired) electrons. The fourth-order valence-corrected chi connectivity index (χ4v) is 6.99. The van der Waals surface area contributed by atoms with Crippen LogP contribution in [0.3, 0.4) is 0 Å². The Morgan fingerprint density at radius 3 is 2.61 bits per heavy atom. The van der Waals surface area contributed by atoms with Crippen LogP contribution in [0.2, 0.25) is 0 Å². The molecule has 150 valence electrons. The predicted octanol–water partition coefficient (Wildman–Crippen LogP) is 1.96. The van der Waals surface area contributed by atoms with Gasteiger partial charge in [0.25, 0.3) is 0 Å². The molecule has 0 spiro atoms. The molecule has 8 heteroatoms. The number of benzene rings is 1. The fraction of sp³-hybridized carbons (Fsp3) is 0.600. The van der Waals surface area contributed by atoms with Gasteiger partial charge in [0.1, 0.15) is 11.6 Å². The summed E-state index contributed by atoms with van der Waals surface area (Å²) in [5, 5.41) is 7.11. The number of hydrogen-bond donors (Lipinski definition) is 1. The summed E-state index contributed by atoms with van der Waals surface area (Å²) in [6.45, 7) is 5.23. The highest BCUT2D eigenvalue weighted by atomic mass is 32.2. The Hall–Kier alpha value is -1.77. The highest BCUT2D eigenvalue weighted by molar-refractivity contribution is 7.90. The number of hydrogen-bond acceptors (Lipinski definition) is 5. The molecule has 1 aromatic heterocycles. The lowest BCUT2D eigenvalue weighted by molar-refractivity contribution is 0.256. The van der Waals surface area contributed by atoms with Crippen molar-refractivity contribution in [2.24, 2.45) is 11.8 Å². The van der Waals surface area contributed by atoms with Crippen LogP contribution >= 0.6 is 0 Å². The smallest absolute Gasteiger partial charge is 0.217 e. The van der Waals surface area contributed by atoms with Gasteiger partial charge in [-0.25, -0.2) is 13.4 Å². The monoisotopic (exact) mass is 401 g/mol. The SMILES string of the molecule is CCc1n[nH]c(CN2C[C@H]3CN(S(=O)(=O)C4CC4)[C@H](c4ccccc4)[C@H]3C2)n1. The molecule has 5 rings (SSSR count). The molecule has 3 heterocycles. The lowest BCUT2D eigenvalue weighted by Gasteiger charge is -2.29. The van der Waals surface area contributed by atoms with Crippen LogP contribution in [0.25, 0.3) is 0 Å². The first-order valence-corrected chi connectivity index (χ1v) is 11.7. The largest absolute Gasteiger partial charge is 0.295 e. The minimum atomic E-state index is -3.19. The molecule has 28 heavy (non-hydrogen) atoms. The second-order valence-electron chi connectivity index (χ2n) is 8.34. The third-order valence-electron chi connectivity index (χ3n) is 6.38. The van der Waals surface area contributed by atoms with Gasteiger partial charge in [0.15, 0.2) is 0 Å². The summed E-state index contributed by atoms with van der Waals surface area (Å²) < 4.78 is 28.0. The number of rotatable bonds is 6. The number of likely N-dealkylation sites (tertiary alicyclic amines) is 1. The van der Waals surface area contributed by atoms with Crippen molar-refractivity contribution in [3.8, 4) is 0 Å². The lowest BCUT2D eigenvalue weighted by atomic mass is 9.90. The summed E-state index contributed by atoms with van der Waals surface area (Å²) in [5.41, 5.74) is 1.12. The van der Waals surface area contributed by atoms with Crippen molar-refractivity contribution in [1.82, 2.24) is 24.4 Å². The maximum absolute atomic E-state index is 13.1. The summed E-state index contributed by atoms with van der Waals surface area (Å²) in [6.07, 6.45) is 2.45. The van der Waals surface area contributed by atoms with Crippen molar-refractivity contribution >= 4 is 10.0 Å². The molecule has 3 atom stereocenters. The molecule has 1 saturated carbocycles. The van der Waals surface area contributed by atoms with Crippen molar-refractivity contribution in [1.29, 1.82) is 0 Å². The number of sulfonamides is 1. The van der Waals surface area contributed by atoms with E-state index in [2.05, 4.69) is 32.2 Å². The van der Waals surface area contributed by atoms with E-state index in [1.807, 2.05) is 29.4 Å². The Bertz CT molecular complexity index is 941. The van der Waals surface area contributed by atoms with E-state index in [0.29, 0.717) is 18.4 Å². The quantitative estimate of drug-likeness (QED) is 0.800. The molecule has 3 fully saturated rings. The number of fused-ring (bicyclic) bond motifs is 1. The van der Waals surface area contributed by atoms with Gasteiger partial charge in [-0.1, -0.05) is 37.3 Å². The number of aromatic nitrogens is 3. The minimum Gasteiger partial charge on any atom is -0.295 e. The molecule has 0 amide bonds. The first-order chi connectivity index (χ1) is 13.6. The Morgan fingerprint density at radius 2 is 1.93 bits per heavy atom. The van der Waals surface area contributed by atoms with Gasteiger partial charge in [-0.05, 0) is 30.2 Å². The van der Waals surface area contributed by atoms with Gasteiger partial charge in [-0.2, -0.15) is 9.40 Å². The predicted molar refractivity (Wildman–Crippen MR) is 106 cm³/mol. The molecule has 2 aromatic rings. The van der Waals surface area contributed by atoms with E-state index in [9.17, 15) is 8.42 Å². The number of nitrogens with one attached hydrogen (secondary N) is 1. The van der Waals surface area contributed by atoms with Gasteiger partial charge in [0.05, 0.1) is 17.8 Å². The summed E-state index contributed by atoms with van der Waals surface area (Å²) in [4.78, 5) is 6.93. The van der Waals surface area contributed by atoms with Crippen molar-refractivity contribution in [2.75, 3.05) is 19.6 Å². The number of nitrogens with zero attached hydrogens (tertiary/aromatic N) is 4. The molecule has 1 aliphatic carbocycles. The molecule has 1 N–H and O–H groups in total. The van der Waals surface area contributed by atoms with Crippen LogP contribution in [0.15, 0.2) is 30.3 Å². The molecule has 2 aliphatic heterocycles. The van der Waals surface area contributed by atoms with Crippen LogP contribution in [0.1, 0.15) is 43.0 Å². The average Bonchev–Trinajstić information content (AvgIpc) is 3.21. The van der Waals surface area contributed by atoms with Gasteiger partial charge in [-0.15, -0.1) is 0 Å². The topological polar surface area (TPSA) is 82.2 Å². The van der Waals surface area contributed by atoms with Crippen LogP contribution in [-0.4, -0.2) is 57.7 Å². The summed E-state index contributed by atoms with van der Waals surface area (Å²) in [6, 6.07) is 10.1. The van der Waals surface area contributed by atoms with Gasteiger partial charge in [-0.3, -0.25) is 10.00 Å². The third-order valence-corrected chi connectivity index (χ3v) is 8.72. The Labute approximate surface area is 166 Å². The first-order valence-electron chi connectivity index (χ1n) is 10.2. The fourth-order valence-electron chi connectivity index (χ4n) is 4.89. The van der Waals surface area contributed by atoms with E-state index in [1.54, 1.807) is 0 Å². The third kappa shape index (κ3) is 3.17. The molecule has 1 aromatic carbocycles. The number of aromatic amines is 1. The van der Waals surface area contributed by atoms with Crippen molar-refractivity contribution in [3.63, 3.8) is 0 Å². The van der Waals surface area contributed by atoms with E-state index in [-0.39, 0.29) is 11.3 Å². The minimum absolute atomic E-state index is 0.0530. The zero-order valence-electron chi connectivity index (χ0n) is 16.2. The number of aryl methyl sites for hydroxylation is 1. The average molecular weight is 402 g/mol. The van der Waals surface area contributed by atoms with Crippen LogP contribution in [0.5, 0.6) is 0 Å². The van der Waals surface area contributed by atoms with Gasteiger partial charge >= 0.3 is 0 Å².